The average molecular weight is 423 g/mol. The van der Waals surface area contributed by atoms with E-state index in [9.17, 15) is 4.79 Å². The molecule has 30 heavy (non-hydrogen) atoms. The van der Waals surface area contributed by atoms with E-state index in [1.165, 1.54) is 0 Å². The number of esters is 1. The van der Waals surface area contributed by atoms with Gasteiger partial charge in [0, 0.05) is 24.1 Å². The van der Waals surface area contributed by atoms with Crippen molar-refractivity contribution in [2.45, 2.75) is 33.2 Å². The van der Waals surface area contributed by atoms with Crippen LogP contribution in [0.2, 0.25) is 0 Å². The van der Waals surface area contributed by atoms with Crippen LogP contribution in [0.1, 0.15) is 37.0 Å². The van der Waals surface area contributed by atoms with E-state index in [0.29, 0.717) is 23.1 Å². The monoisotopic (exact) mass is 422 g/mol. The number of nitrogens with zero attached hydrogens (tertiary/aromatic N) is 3. The van der Waals surface area contributed by atoms with E-state index in [1.54, 1.807) is 17.8 Å². The highest BCUT2D eigenvalue weighted by Gasteiger charge is 2.21. The first kappa shape index (κ1) is 21.5. The minimum atomic E-state index is -0.420. The van der Waals surface area contributed by atoms with E-state index in [1.807, 2.05) is 65.6 Å². The number of rotatable bonds is 8. The van der Waals surface area contributed by atoms with E-state index in [-0.39, 0.29) is 0 Å². The number of unbranched alkanes of at least 4 members (excludes halogenated alkanes) is 1. The molecule has 0 spiro atoms. The SMILES string of the molecule is CCCCn1cc(C(=O)OCC)c(NC(=S)N(c2ccccc2)c2ccccc2)n1. The van der Waals surface area contributed by atoms with Gasteiger partial charge < -0.3 is 10.1 Å². The summed E-state index contributed by atoms with van der Waals surface area (Å²) in [6.45, 7) is 4.91. The van der Waals surface area contributed by atoms with E-state index in [0.717, 1.165) is 30.8 Å². The number of benzene rings is 2. The van der Waals surface area contributed by atoms with Gasteiger partial charge in [-0.25, -0.2) is 4.79 Å². The molecule has 0 aliphatic rings. The first-order valence-electron chi connectivity index (χ1n) is 10.1. The Balaban J connectivity index is 1.93. The lowest BCUT2D eigenvalue weighted by molar-refractivity contribution is 0.0527. The molecule has 0 amide bonds. The Morgan fingerprint density at radius 1 is 1.07 bits per heavy atom. The van der Waals surface area contributed by atoms with Crippen molar-refractivity contribution < 1.29 is 9.53 Å². The zero-order valence-corrected chi connectivity index (χ0v) is 18.1. The molecule has 3 rings (SSSR count). The number of hydrogen-bond acceptors (Lipinski definition) is 4. The molecule has 0 saturated carbocycles. The Morgan fingerprint density at radius 3 is 2.20 bits per heavy atom. The van der Waals surface area contributed by atoms with Crippen LogP contribution >= 0.6 is 12.2 Å². The summed E-state index contributed by atoms with van der Waals surface area (Å²) in [7, 11) is 0. The maximum absolute atomic E-state index is 12.5. The van der Waals surface area contributed by atoms with Crippen molar-refractivity contribution in [2.75, 3.05) is 16.8 Å². The first-order chi connectivity index (χ1) is 14.6. The quantitative estimate of drug-likeness (QED) is 0.388. The highest BCUT2D eigenvalue weighted by molar-refractivity contribution is 7.80. The van der Waals surface area contributed by atoms with Gasteiger partial charge in [-0.1, -0.05) is 49.7 Å². The minimum absolute atomic E-state index is 0.295. The van der Waals surface area contributed by atoms with Gasteiger partial charge in [-0.15, -0.1) is 0 Å². The molecule has 0 aliphatic heterocycles. The van der Waals surface area contributed by atoms with Crippen LogP contribution in [-0.2, 0) is 11.3 Å². The number of carbonyl (C=O) groups is 1. The van der Waals surface area contributed by atoms with Crippen LogP contribution in [0, 0.1) is 0 Å². The van der Waals surface area contributed by atoms with Crippen LogP contribution in [0.5, 0.6) is 0 Å². The van der Waals surface area contributed by atoms with Gasteiger partial charge in [-0.05, 0) is 49.8 Å². The number of ether oxygens (including phenoxy) is 1. The van der Waals surface area contributed by atoms with Gasteiger partial charge in [-0.3, -0.25) is 9.58 Å². The number of aromatic nitrogens is 2. The van der Waals surface area contributed by atoms with Crippen molar-refractivity contribution in [2.24, 2.45) is 0 Å². The number of aryl methyl sites for hydroxylation is 1. The van der Waals surface area contributed by atoms with Crippen molar-refractivity contribution in [3.05, 3.63) is 72.4 Å². The summed E-state index contributed by atoms with van der Waals surface area (Å²) in [5.74, 6) is -0.0251. The zero-order valence-electron chi connectivity index (χ0n) is 17.2. The molecule has 0 aliphatic carbocycles. The molecule has 0 saturated heterocycles. The standard InChI is InChI=1S/C23H26N4O2S/c1-3-5-16-26-17-20(22(28)29-4-2)21(25-26)24-23(30)27(18-12-8-6-9-13-18)19-14-10-7-11-15-19/h6-15,17H,3-5,16H2,1-2H3,(H,24,25,30). The van der Waals surface area contributed by atoms with E-state index in [2.05, 4.69) is 17.3 Å². The summed E-state index contributed by atoms with van der Waals surface area (Å²) in [5.41, 5.74) is 2.19. The molecule has 2 aromatic carbocycles. The summed E-state index contributed by atoms with van der Waals surface area (Å²) in [6, 6.07) is 19.7. The molecule has 0 unspecified atom stereocenters. The third-order valence-corrected chi connectivity index (χ3v) is 4.74. The molecule has 0 fully saturated rings. The fraction of sp³-hybridized carbons (Fsp3) is 0.261. The average Bonchev–Trinajstić information content (AvgIpc) is 3.17. The predicted octanol–water partition coefficient (Wildman–Crippen LogP) is 5.40. The van der Waals surface area contributed by atoms with E-state index >= 15 is 0 Å². The van der Waals surface area contributed by atoms with Gasteiger partial charge >= 0.3 is 5.97 Å². The maximum Gasteiger partial charge on any atom is 0.343 e. The topological polar surface area (TPSA) is 59.4 Å². The van der Waals surface area contributed by atoms with E-state index < -0.39 is 5.97 Å². The molecule has 7 heteroatoms. The fourth-order valence-electron chi connectivity index (χ4n) is 3.00. The Hall–Kier alpha value is -3.19. The summed E-state index contributed by atoms with van der Waals surface area (Å²) in [4.78, 5) is 14.4. The molecular weight excluding hydrogens is 396 g/mol. The number of thiocarbonyl (C=S) groups is 1. The van der Waals surface area contributed by atoms with Gasteiger partial charge in [0.2, 0.25) is 0 Å². The van der Waals surface area contributed by atoms with Gasteiger partial charge in [-0.2, -0.15) is 5.10 Å². The zero-order chi connectivity index (χ0) is 21.3. The van der Waals surface area contributed by atoms with Crippen molar-refractivity contribution >= 4 is 40.5 Å². The number of para-hydroxylation sites is 2. The molecule has 1 aromatic heterocycles. The molecule has 6 nitrogen and oxygen atoms in total. The predicted molar refractivity (Wildman–Crippen MR) is 124 cm³/mol. The Bertz CT molecular complexity index is 934. The Morgan fingerprint density at radius 2 is 1.67 bits per heavy atom. The first-order valence-corrected chi connectivity index (χ1v) is 10.5. The van der Waals surface area contributed by atoms with Gasteiger partial charge in [0.05, 0.1) is 6.61 Å². The van der Waals surface area contributed by atoms with Gasteiger partial charge in [0.25, 0.3) is 0 Å². The normalized spacial score (nSPS) is 10.5. The lowest BCUT2D eigenvalue weighted by Gasteiger charge is -2.25. The minimum Gasteiger partial charge on any atom is -0.462 e. The number of hydrogen-bond donors (Lipinski definition) is 1. The van der Waals surface area contributed by atoms with Crippen LogP contribution in [-0.4, -0.2) is 27.5 Å². The van der Waals surface area contributed by atoms with Crippen LogP contribution < -0.4 is 10.2 Å². The number of anilines is 3. The van der Waals surface area contributed by atoms with Crippen LogP contribution in [0.4, 0.5) is 17.2 Å². The second-order valence-electron chi connectivity index (χ2n) is 6.67. The maximum atomic E-state index is 12.5. The molecule has 0 atom stereocenters. The molecular formula is C23H26N4O2S. The fourth-order valence-corrected chi connectivity index (χ4v) is 3.31. The lowest BCUT2D eigenvalue weighted by atomic mass is 10.2. The number of carbonyl (C=O) groups excluding carboxylic acids is 1. The molecule has 156 valence electrons. The highest BCUT2D eigenvalue weighted by Crippen LogP contribution is 2.27. The van der Waals surface area contributed by atoms with Gasteiger partial charge in [0.1, 0.15) is 5.56 Å². The van der Waals surface area contributed by atoms with Gasteiger partial charge in [0.15, 0.2) is 10.9 Å². The molecule has 0 radical (unpaired) electrons. The van der Waals surface area contributed by atoms with Crippen molar-refractivity contribution in [3.8, 4) is 0 Å². The summed E-state index contributed by atoms with van der Waals surface area (Å²) in [6.07, 6.45) is 3.72. The summed E-state index contributed by atoms with van der Waals surface area (Å²) >= 11 is 5.74. The highest BCUT2D eigenvalue weighted by atomic mass is 32.1. The van der Waals surface area contributed by atoms with Crippen molar-refractivity contribution in [3.63, 3.8) is 0 Å². The summed E-state index contributed by atoms with van der Waals surface area (Å²) in [5, 5.41) is 8.14. The molecule has 1 N–H and O–H groups in total. The van der Waals surface area contributed by atoms with E-state index in [4.69, 9.17) is 17.0 Å². The summed E-state index contributed by atoms with van der Waals surface area (Å²) < 4.78 is 6.97. The van der Waals surface area contributed by atoms with Crippen LogP contribution in [0.15, 0.2) is 66.9 Å². The second-order valence-corrected chi connectivity index (χ2v) is 7.05. The Kier molecular flexibility index (Phi) is 7.57. The van der Waals surface area contributed by atoms with Crippen molar-refractivity contribution in [1.29, 1.82) is 0 Å². The largest absolute Gasteiger partial charge is 0.462 e. The van der Waals surface area contributed by atoms with Crippen LogP contribution in [0.25, 0.3) is 0 Å². The molecule has 0 bridgehead atoms. The molecule has 3 aromatic rings. The molecule has 1 heterocycles. The smallest absolute Gasteiger partial charge is 0.343 e. The van der Waals surface area contributed by atoms with Crippen LogP contribution in [0.3, 0.4) is 0 Å². The van der Waals surface area contributed by atoms with Crippen molar-refractivity contribution in [1.82, 2.24) is 9.78 Å². The second kappa shape index (κ2) is 10.5. The Labute approximate surface area is 182 Å². The third-order valence-electron chi connectivity index (χ3n) is 4.46. The lowest BCUT2D eigenvalue weighted by Crippen LogP contribution is -2.31. The number of nitrogens with one attached hydrogen (secondary N) is 1. The third kappa shape index (κ3) is 5.24.